The number of aliphatic carboxylic acids is 1. The fourth-order valence-electron chi connectivity index (χ4n) is 2.76. The third-order valence-electron chi connectivity index (χ3n) is 4.14. The number of carbonyl (C=O) groups is 1. The molecule has 4 nitrogen and oxygen atoms in total. The van der Waals surface area contributed by atoms with Gasteiger partial charge in [-0.3, -0.25) is 4.79 Å². The van der Waals surface area contributed by atoms with Crippen LogP contribution in [-0.4, -0.2) is 18.2 Å². The molecule has 0 aromatic heterocycles. The summed E-state index contributed by atoms with van der Waals surface area (Å²) in [6, 6.07) is 24.2. The molecule has 1 unspecified atom stereocenters. The van der Waals surface area contributed by atoms with Crippen molar-refractivity contribution in [2.45, 2.75) is 12.3 Å². The van der Waals surface area contributed by atoms with Crippen LogP contribution in [0.3, 0.4) is 0 Å². The Morgan fingerprint density at radius 1 is 0.885 bits per heavy atom. The Bertz CT molecular complexity index is 857. The van der Waals surface area contributed by atoms with E-state index in [2.05, 4.69) is 0 Å². The molecule has 3 rings (SSSR count). The second kappa shape index (κ2) is 8.21. The number of ether oxygens (including phenoxy) is 2. The Balaban J connectivity index is 1.71. The number of methoxy groups -OCH3 is 1. The number of benzene rings is 3. The zero-order valence-corrected chi connectivity index (χ0v) is 14.5. The van der Waals surface area contributed by atoms with Crippen LogP contribution in [0.2, 0.25) is 0 Å². The van der Waals surface area contributed by atoms with Crippen LogP contribution in [0, 0.1) is 0 Å². The first-order valence-electron chi connectivity index (χ1n) is 8.34. The van der Waals surface area contributed by atoms with Gasteiger partial charge in [0, 0.05) is 6.07 Å². The lowest BCUT2D eigenvalue weighted by Gasteiger charge is -2.13. The third-order valence-corrected chi connectivity index (χ3v) is 4.14. The van der Waals surface area contributed by atoms with Gasteiger partial charge < -0.3 is 14.6 Å². The predicted octanol–water partition coefficient (Wildman–Crippen LogP) is 4.90. The molecule has 0 bridgehead atoms. The first-order valence-corrected chi connectivity index (χ1v) is 8.34. The van der Waals surface area contributed by atoms with Gasteiger partial charge in [-0.15, -0.1) is 0 Å². The standard InChI is InChI=1S/C22H20O4/c1-25-19-8-5-9-20(15-19)26-18-12-10-16(11-13-18)14-21(22(23)24)17-6-3-2-4-7-17/h2-13,15,21H,14H2,1H3,(H,23,24). The van der Waals surface area contributed by atoms with Crippen molar-refractivity contribution in [1.82, 2.24) is 0 Å². The molecule has 0 amide bonds. The van der Waals surface area contributed by atoms with Crippen molar-refractivity contribution in [3.63, 3.8) is 0 Å². The molecule has 0 saturated heterocycles. The second-order valence-corrected chi connectivity index (χ2v) is 5.93. The first kappa shape index (κ1) is 17.5. The van der Waals surface area contributed by atoms with Gasteiger partial charge in [-0.1, -0.05) is 48.5 Å². The number of carboxylic acid groups (broad SMARTS) is 1. The van der Waals surface area contributed by atoms with Crippen molar-refractivity contribution in [3.05, 3.63) is 90.0 Å². The molecule has 0 aliphatic rings. The van der Waals surface area contributed by atoms with E-state index in [1.165, 1.54) is 0 Å². The van der Waals surface area contributed by atoms with Gasteiger partial charge >= 0.3 is 5.97 Å². The summed E-state index contributed by atoms with van der Waals surface area (Å²) in [5.74, 6) is 0.707. The van der Waals surface area contributed by atoms with E-state index in [0.29, 0.717) is 17.9 Å². The lowest BCUT2D eigenvalue weighted by Crippen LogP contribution is -2.14. The molecule has 0 radical (unpaired) electrons. The maximum Gasteiger partial charge on any atom is 0.311 e. The molecular weight excluding hydrogens is 328 g/mol. The van der Waals surface area contributed by atoms with Crippen molar-refractivity contribution in [2.24, 2.45) is 0 Å². The summed E-state index contributed by atoms with van der Waals surface area (Å²) in [5.41, 5.74) is 1.75. The molecule has 4 heteroatoms. The minimum Gasteiger partial charge on any atom is -0.497 e. The van der Waals surface area contributed by atoms with Crippen molar-refractivity contribution < 1.29 is 19.4 Å². The molecule has 0 saturated carbocycles. The Hall–Kier alpha value is -3.27. The molecule has 1 N–H and O–H groups in total. The highest BCUT2D eigenvalue weighted by Gasteiger charge is 2.20. The van der Waals surface area contributed by atoms with Gasteiger partial charge in [-0.2, -0.15) is 0 Å². The van der Waals surface area contributed by atoms with E-state index in [9.17, 15) is 9.90 Å². The fourth-order valence-corrected chi connectivity index (χ4v) is 2.76. The summed E-state index contributed by atoms with van der Waals surface area (Å²) >= 11 is 0. The minimum atomic E-state index is -0.826. The Labute approximate surface area is 152 Å². The van der Waals surface area contributed by atoms with Crippen molar-refractivity contribution >= 4 is 5.97 Å². The Kier molecular flexibility index (Phi) is 5.54. The number of hydrogen-bond acceptors (Lipinski definition) is 3. The summed E-state index contributed by atoms with van der Waals surface area (Å²) < 4.78 is 11.0. The van der Waals surface area contributed by atoms with Crippen molar-refractivity contribution in [1.29, 1.82) is 0 Å². The quantitative estimate of drug-likeness (QED) is 0.660. The molecule has 0 aliphatic heterocycles. The maximum atomic E-state index is 11.6. The Morgan fingerprint density at radius 3 is 2.23 bits per heavy atom. The van der Waals surface area contributed by atoms with Gasteiger partial charge in [0.2, 0.25) is 0 Å². The highest BCUT2D eigenvalue weighted by Crippen LogP contribution is 2.27. The van der Waals surface area contributed by atoms with E-state index in [-0.39, 0.29) is 0 Å². The number of carboxylic acids is 1. The molecule has 0 heterocycles. The van der Waals surface area contributed by atoms with Gasteiger partial charge in [0.05, 0.1) is 13.0 Å². The predicted molar refractivity (Wildman–Crippen MR) is 100 cm³/mol. The summed E-state index contributed by atoms with van der Waals surface area (Å²) in [4.78, 5) is 11.6. The normalized spacial score (nSPS) is 11.6. The minimum absolute atomic E-state index is 0.429. The van der Waals surface area contributed by atoms with Crippen LogP contribution in [0.5, 0.6) is 17.2 Å². The molecule has 3 aromatic rings. The smallest absolute Gasteiger partial charge is 0.311 e. The molecule has 132 valence electrons. The second-order valence-electron chi connectivity index (χ2n) is 5.93. The zero-order valence-electron chi connectivity index (χ0n) is 14.5. The van der Waals surface area contributed by atoms with Crippen LogP contribution in [0.1, 0.15) is 17.0 Å². The van der Waals surface area contributed by atoms with Gasteiger partial charge in [0.1, 0.15) is 17.2 Å². The zero-order chi connectivity index (χ0) is 18.4. The van der Waals surface area contributed by atoms with Crippen LogP contribution in [0.15, 0.2) is 78.9 Å². The average Bonchev–Trinajstić information content (AvgIpc) is 2.68. The van der Waals surface area contributed by atoms with E-state index in [1.54, 1.807) is 7.11 Å². The van der Waals surface area contributed by atoms with E-state index < -0.39 is 11.9 Å². The van der Waals surface area contributed by atoms with E-state index in [4.69, 9.17) is 9.47 Å². The fraction of sp³-hybridized carbons (Fsp3) is 0.136. The lowest BCUT2D eigenvalue weighted by atomic mass is 9.92. The third kappa shape index (κ3) is 4.42. The summed E-state index contributed by atoms with van der Waals surface area (Å²) in [6.07, 6.45) is 0.429. The summed E-state index contributed by atoms with van der Waals surface area (Å²) in [7, 11) is 1.61. The van der Waals surface area contributed by atoms with Gasteiger partial charge in [0.25, 0.3) is 0 Å². The van der Waals surface area contributed by atoms with Crippen LogP contribution < -0.4 is 9.47 Å². The molecule has 3 aromatic carbocycles. The van der Waals surface area contributed by atoms with E-state index >= 15 is 0 Å². The van der Waals surface area contributed by atoms with Crippen LogP contribution in [0.25, 0.3) is 0 Å². The van der Waals surface area contributed by atoms with Crippen LogP contribution in [-0.2, 0) is 11.2 Å². The topological polar surface area (TPSA) is 55.8 Å². The van der Waals surface area contributed by atoms with Crippen LogP contribution in [0.4, 0.5) is 0 Å². The molecule has 0 spiro atoms. The monoisotopic (exact) mass is 348 g/mol. The maximum absolute atomic E-state index is 11.6. The van der Waals surface area contributed by atoms with Gasteiger partial charge in [0.15, 0.2) is 0 Å². The first-order chi connectivity index (χ1) is 12.7. The summed E-state index contributed by atoms with van der Waals surface area (Å²) in [6.45, 7) is 0. The largest absolute Gasteiger partial charge is 0.497 e. The molecule has 26 heavy (non-hydrogen) atoms. The number of hydrogen-bond donors (Lipinski definition) is 1. The molecular formula is C22H20O4. The SMILES string of the molecule is COc1cccc(Oc2ccc(CC(C(=O)O)c3ccccc3)cc2)c1. The molecule has 0 aliphatic carbocycles. The van der Waals surface area contributed by atoms with E-state index in [0.717, 1.165) is 16.9 Å². The molecule has 1 atom stereocenters. The number of rotatable bonds is 7. The average molecular weight is 348 g/mol. The summed E-state index contributed by atoms with van der Waals surface area (Å²) in [5, 5.41) is 9.55. The Morgan fingerprint density at radius 2 is 1.58 bits per heavy atom. The van der Waals surface area contributed by atoms with Gasteiger partial charge in [-0.05, 0) is 41.8 Å². The molecule has 0 fully saturated rings. The van der Waals surface area contributed by atoms with Crippen molar-refractivity contribution in [3.8, 4) is 17.2 Å². The highest BCUT2D eigenvalue weighted by atomic mass is 16.5. The van der Waals surface area contributed by atoms with Crippen molar-refractivity contribution in [2.75, 3.05) is 7.11 Å². The lowest BCUT2D eigenvalue weighted by molar-refractivity contribution is -0.138. The van der Waals surface area contributed by atoms with Gasteiger partial charge in [-0.25, -0.2) is 0 Å². The highest BCUT2D eigenvalue weighted by molar-refractivity contribution is 5.76. The van der Waals surface area contributed by atoms with E-state index in [1.807, 2.05) is 78.9 Å². The van der Waals surface area contributed by atoms with Crippen LogP contribution >= 0.6 is 0 Å².